The van der Waals surface area contributed by atoms with Crippen LogP contribution in [-0.2, 0) is 19.3 Å². The van der Waals surface area contributed by atoms with Gasteiger partial charge in [0.15, 0.2) is 5.89 Å². The van der Waals surface area contributed by atoms with Gasteiger partial charge in [0.2, 0.25) is 0 Å². The number of aromatic nitrogens is 1. The highest BCUT2D eigenvalue weighted by molar-refractivity contribution is 5.29. The van der Waals surface area contributed by atoms with Gasteiger partial charge in [-0.25, -0.2) is 4.98 Å². The molecule has 100 valence electrons. The summed E-state index contributed by atoms with van der Waals surface area (Å²) >= 11 is 0. The SMILES string of the molecule is COc1ccc(Cc2nc3c(o2)CC(O)CC3)cc1. The molecule has 19 heavy (non-hydrogen) atoms. The number of aliphatic hydroxyl groups is 1. The van der Waals surface area contributed by atoms with Crippen molar-refractivity contribution in [1.29, 1.82) is 0 Å². The van der Waals surface area contributed by atoms with Crippen LogP contribution >= 0.6 is 0 Å². The molecule has 4 nitrogen and oxygen atoms in total. The summed E-state index contributed by atoms with van der Waals surface area (Å²) in [5, 5.41) is 9.61. The summed E-state index contributed by atoms with van der Waals surface area (Å²) in [6.45, 7) is 0. The molecule has 1 aliphatic rings. The van der Waals surface area contributed by atoms with Crippen LogP contribution in [0.1, 0.15) is 29.3 Å². The van der Waals surface area contributed by atoms with Crippen LogP contribution in [0, 0.1) is 0 Å². The molecule has 1 heterocycles. The van der Waals surface area contributed by atoms with E-state index in [0.717, 1.165) is 41.5 Å². The zero-order chi connectivity index (χ0) is 13.2. The first kappa shape index (κ1) is 12.2. The van der Waals surface area contributed by atoms with Crippen molar-refractivity contribution in [2.24, 2.45) is 0 Å². The molecule has 0 saturated carbocycles. The Morgan fingerprint density at radius 2 is 2.16 bits per heavy atom. The van der Waals surface area contributed by atoms with Gasteiger partial charge in [-0.2, -0.15) is 0 Å². The van der Waals surface area contributed by atoms with E-state index >= 15 is 0 Å². The van der Waals surface area contributed by atoms with Crippen molar-refractivity contribution in [2.45, 2.75) is 31.8 Å². The number of hydrogen-bond donors (Lipinski definition) is 1. The third-order valence-electron chi connectivity index (χ3n) is 3.47. The quantitative estimate of drug-likeness (QED) is 0.917. The fourth-order valence-corrected chi connectivity index (χ4v) is 2.40. The molecule has 0 saturated heterocycles. The first-order valence-corrected chi connectivity index (χ1v) is 6.53. The summed E-state index contributed by atoms with van der Waals surface area (Å²) in [5.74, 6) is 2.42. The summed E-state index contributed by atoms with van der Waals surface area (Å²) in [5.41, 5.74) is 2.15. The van der Waals surface area contributed by atoms with Gasteiger partial charge in [0, 0.05) is 12.8 Å². The predicted octanol–water partition coefficient (Wildman–Crippen LogP) is 2.12. The smallest absolute Gasteiger partial charge is 0.199 e. The second kappa shape index (κ2) is 5.05. The van der Waals surface area contributed by atoms with Crippen molar-refractivity contribution in [3.05, 3.63) is 47.2 Å². The van der Waals surface area contributed by atoms with Crippen LogP contribution in [0.5, 0.6) is 5.75 Å². The summed E-state index contributed by atoms with van der Waals surface area (Å²) in [6, 6.07) is 7.89. The normalized spacial score (nSPS) is 18.1. The van der Waals surface area contributed by atoms with Crippen molar-refractivity contribution >= 4 is 0 Å². The molecule has 1 atom stereocenters. The lowest BCUT2D eigenvalue weighted by molar-refractivity contribution is 0.149. The van der Waals surface area contributed by atoms with E-state index in [-0.39, 0.29) is 6.10 Å². The lowest BCUT2D eigenvalue weighted by Crippen LogP contribution is -2.17. The van der Waals surface area contributed by atoms with E-state index in [1.807, 2.05) is 24.3 Å². The fourth-order valence-electron chi connectivity index (χ4n) is 2.40. The minimum absolute atomic E-state index is 0.283. The minimum atomic E-state index is -0.283. The molecule has 0 radical (unpaired) electrons. The van der Waals surface area contributed by atoms with E-state index in [2.05, 4.69) is 4.98 Å². The third-order valence-corrected chi connectivity index (χ3v) is 3.47. The summed E-state index contributed by atoms with van der Waals surface area (Å²) in [7, 11) is 1.66. The van der Waals surface area contributed by atoms with Crippen LogP contribution in [0.25, 0.3) is 0 Å². The molecule has 1 aliphatic carbocycles. The number of benzene rings is 1. The Morgan fingerprint density at radius 3 is 2.89 bits per heavy atom. The number of aliphatic hydroxyl groups excluding tert-OH is 1. The van der Waals surface area contributed by atoms with Crippen LogP contribution in [0.2, 0.25) is 0 Å². The molecule has 1 N–H and O–H groups in total. The van der Waals surface area contributed by atoms with Gasteiger partial charge in [-0.15, -0.1) is 0 Å². The summed E-state index contributed by atoms with van der Waals surface area (Å²) < 4.78 is 10.9. The molecule has 3 rings (SSSR count). The van der Waals surface area contributed by atoms with Crippen LogP contribution in [-0.4, -0.2) is 23.3 Å². The van der Waals surface area contributed by atoms with Gasteiger partial charge in [-0.05, 0) is 30.5 Å². The average molecular weight is 259 g/mol. The third kappa shape index (κ3) is 2.63. The monoisotopic (exact) mass is 259 g/mol. The Kier molecular flexibility index (Phi) is 3.25. The Labute approximate surface area is 112 Å². The molecule has 0 aliphatic heterocycles. The molecular formula is C15H17NO3. The van der Waals surface area contributed by atoms with E-state index in [1.165, 1.54) is 0 Å². The van der Waals surface area contributed by atoms with Crippen LogP contribution in [0.4, 0.5) is 0 Å². The Bertz CT molecular complexity index is 559. The van der Waals surface area contributed by atoms with Gasteiger partial charge in [-0.1, -0.05) is 12.1 Å². The summed E-state index contributed by atoms with van der Waals surface area (Å²) in [6.07, 6.45) is 2.57. The number of nitrogens with zero attached hydrogens (tertiary/aromatic N) is 1. The highest BCUT2D eigenvalue weighted by Crippen LogP contribution is 2.23. The first-order valence-electron chi connectivity index (χ1n) is 6.53. The second-order valence-electron chi connectivity index (χ2n) is 4.90. The van der Waals surface area contributed by atoms with Gasteiger partial charge in [-0.3, -0.25) is 0 Å². The molecule has 0 bridgehead atoms. The largest absolute Gasteiger partial charge is 0.497 e. The van der Waals surface area contributed by atoms with Crippen LogP contribution in [0.3, 0.4) is 0 Å². The first-order chi connectivity index (χ1) is 9.24. The molecule has 2 aromatic rings. The maximum Gasteiger partial charge on any atom is 0.199 e. The lowest BCUT2D eigenvalue weighted by atomic mass is 9.99. The Balaban J connectivity index is 1.76. The minimum Gasteiger partial charge on any atom is -0.497 e. The number of fused-ring (bicyclic) bond motifs is 1. The number of hydrogen-bond acceptors (Lipinski definition) is 4. The van der Waals surface area contributed by atoms with E-state index in [0.29, 0.717) is 12.8 Å². The maximum atomic E-state index is 9.61. The van der Waals surface area contributed by atoms with Gasteiger partial charge in [0.05, 0.1) is 18.9 Å². The summed E-state index contributed by atoms with van der Waals surface area (Å²) in [4.78, 5) is 4.51. The second-order valence-corrected chi connectivity index (χ2v) is 4.90. The predicted molar refractivity (Wildman–Crippen MR) is 70.3 cm³/mol. The van der Waals surface area contributed by atoms with Crippen molar-refractivity contribution in [1.82, 2.24) is 4.98 Å². The van der Waals surface area contributed by atoms with Crippen molar-refractivity contribution < 1.29 is 14.3 Å². The zero-order valence-corrected chi connectivity index (χ0v) is 10.9. The van der Waals surface area contributed by atoms with E-state index in [1.54, 1.807) is 7.11 Å². The van der Waals surface area contributed by atoms with E-state index in [4.69, 9.17) is 9.15 Å². The molecule has 1 aromatic heterocycles. The molecule has 1 unspecified atom stereocenters. The maximum absolute atomic E-state index is 9.61. The average Bonchev–Trinajstić information content (AvgIpc) is 2.81. The molecule has 0 spiro atoms. The lowest BCUT2D eigenvalue weighted by Gasteiger charge is -2.13. The standard InChI is InChI=1S/C15H17NO3/c1-18-12-5-2-10(3-6-12)8-15-16-13-7-4-11(17)9-14(13)19-15/h2-3,5-6,11,17H,4,7-9H2,1H3. The van der Waals surface area contributed by atoms with Crippen molar-refractivity contribution in [2.75, 3.05) is 7.11 Å². The molecular weight excluding hydrogens is 242 g/mol. The Hall–Kier alpha value is -1.81. The number of rotatable bonds is 3. The zero-order valence-electron chi connectivity index (χ0n) is 10.9. The highest BCUT2D eigenvalue weighted by atomic mass is 16.5. The van der Waals surface area contributed by atoms with Crippen LogP contribution in [0.15, 0.2) is 28.7 Å². The number of oxazole rings is 1. The van der Waals surface area contributed by atoms with Crippen molar-refractivity contribution in [3.8, 4) is 5.75 Å². The molecule has 0 fully saturated rings. The van der Waals surface area contributed by atoms with Gasteiger partial charge in [0.25, 0.3) is 0 Å². The van der Waals surface area contributed by atoms with E-state index < -0.39 is 0 Å². The number of methoxy groups -OCH3 is 1. The van der Waals surface area contributed by atoms with Gasteiger partial charge >= 0.3 is 0 Å². The fraction of sp³-hybridized carbons (Fsp3) is 0.400. The molecule has 4 heteroatoms. The molecule has 0 amide bonds. The number of ether oxygens (including phenoxy) is 1. The van der Waals surface area contributed by atoms with Crippen LogP contribution < -0.4 is 4.74 Å². The van der Waals surface area contributed by atoms with Gasteiger partial charge < -0.3 is 14.3 Å². The van der Waals surface area contributed by atoms with Gasteiger partial charge in [0.1, 0.15) is 11.5 Å². The highest BCUT2D eigenvalue weighted by Gasteiger charge is 2.22. The van der Waals surface area contributed by atoms with E-state index in [9.17, 15) is 5.11 Å². The molecule has 1 aromatic carbocycles. The number of aryl methyl sites for hydroxylation is 1. The topological polar surface area (TPSA) is 55.5 Å². The van der Waals surface area contributed by atoms with Crippen molar-refractivity contribution in [3.63, 3.8) is 0 Å². The Morgan fingerprint density at radius 1 is 1.37 bits per heavy atom.